The van der Waals surface area contributed by atoms with Gasteiger partial charge in [-0.25, -0.2) is 0 Å². The van der Waals surface area contributed by atoms with Gasteiger partial charge in [0.05, 0.1) is 0 Å². The van der Waals surface area contributed by atoms with Crippen LogP contribution in [0.1, 0.15) is 5.56 Å². The second kappa shape index (κ2) is 5.47. The van der Waals surface area contributed by atoms with Crippen LogP contribution in [0.3, 0.4) is 0 Å². The quantitative estimate of drug-likeness (QED) is 0.616. The zero-order valence-electron chi connectivity index (χ0n) is 8.52. The molecule has 2 aromatic carbocycles. The van der Waals surface area contributed by atoms with E-state index in [0.29, 0.717) is 0 Å². The summed E-state index contributed by atoms with van der Waals surface area (Å²) >= 11 is 6.14. The summed E-state index contributed by atoms with van der Waals surface area (Å²) in [5.41, 5.74) is 1.40. The van der Waals surface area contributed by atoms with Gasteiger partial charge < -0.3 is 0 Å². The van der Waals surface area contributed by atoms with Crippen LogP contribution >= 0.6 is 24.4 Å². The van der Waals surface area contributed by atoms with Gasteiger partial charge in [-0.3, -0.25) is 0 Å². The summed E-state index contributed by atoms with van der Waals surface area (Å²) in [5.74, 6) is 3.17. The van der Waals surface area contributed by atoms with E-state index in [1.807, 2.05) is 11.8 Å². The molecule has 0 spiro atoms. The molecule has 0 saturated carbocycles. The first-order valence-electron chi connectivity index (χ1n) is 5.06. The zero-order valence-corrected chi connectivity index (χ0v) is 10.2. The van der Waals surface area contributed by atoms with Gasteiger partial charge in [-0.2, -0.15) is 24.4 Å². The Morgan fingerprint density at radius 3 is 2.60 bits per heavy atom. The van der Waals surface area contributed by atoms with Gasteiger partial charge in [-0.05, 0) is 22.1 Å². The Bertz CT molecular complexity index is 437. The van der Waals surface area contributed by atoms with E-state index >= 15 is 0 Å². The average molecular weight is 234 g/mol. The van der Waals surface area contributed by atoms with Crippen molar-refractivity contribution < 1.29 is 0 Å². The van der Waals surface area contributed by atoms with Crippen LogP contribution < -0.4 is 0 Å². The number of rotatable bonds is 4. The van der Waals surface area contributed by atoms with E-state index in [1.54, 1.807) is 0 Å². The summed E-state index contributed by atoms with van der Waals surface area (Å²) in [7, 11) is 0. The molecule has 0 saturated heterocycles. The fourth-order valence-electron chi connectivity index (χ4n) is 1.58. The molecule has 0 N–H and O–H groups in total. The molecular weight excluding hydrogens is 220 g/mol. The summed E-state index contributed by atoms with van der Waals surface area (Å²) in [6, 6.07) is 15.2. The van der Waals surface area contributed by atoms with Crippen molar-refractivity contribution in [3.63, 3.8) is 0 Å². The maximum atomic E-state index is 4.21. The Balaban J connectivity index is 2.16. The fraction of sp³-hybridized carbons (Fsp3) is 0.231. The molecule has 0 radical (unpaired) electrons. The molecule has 15 heavy (non-hydrogen) atoms. The maximum Gasteiger partial charge on any atom is 0.0185 e. The Labute approximate surface area is 100 Å². The highest BCUT2D eigenvalue weighted by Gasteiger charge is 1.96. The van der Waals surface area contributed by atoms with Crippen LogP contribution in [0, 0.1) is 0 Å². The highest BCUT2D eigenvalue weighted by atomic mass is 32.2. The van der Waals surface area contributed by atoms with Gasteiger partial charge >= 0.3 is 0 Å². The first kappa shape index (κ1) is 10.9. The molecule has 78 valence electrons. The molecule has 0 aliphatic heterocycles. The Kier molecular flexibility index (Phi) is 3.98. The van der Waals surface area contributed by atoms with E-state index in [2.05, 4.69) is 55.1 Å². The van der Waals surface area contributed by atoms with Gasteiger partial charge in [0.15, 0.2) is 0 Å². The van der Waals surface area contributed by atoms with Crippen LogP contribution in [0.25, 0.3) is 10.8 Å². The lowest BCUT2D eigenvalue weighted by Crippen LogP contribution is -1.84. The lowest BCUT2D eigenvalue weighted by atomic mass is 10.1. The molecule has 0 unspecified atom stereocenters. The summed E-state index contributed by atoms with van der Waals surface area (Å²) in [5, 5.41) is 2.65. The smallest absolute Gasteiger partial charge is 0.0185 e. The molecular formula is C13H14S2. The summed E-state index contributed by atoms with van der Waals surface area (Å²) < 4.78 is 0. The number of hydrogen-bond acceptors (Lipinski definition) is 2. The third-order valence-electron chi connectivity index (χ3n) is 2.32. The van der Waals surface area contributed by atoms with Crippen molar-refractivity contribution in [2.24, 2.45) is 0 Å². The molecule has 0 atom stereocenters. The van der Waals surface area contributed by atoms with Crippen molar-refractivity contribution in [3.05, 3.63) is 48.0 Å². The van der Waals surface area contributed by atoms with Crippen molar-refractivity contribution in [3.8, 4) is 0 Å². The molecule has 2 heteroatoms. The zero-order chi connectivity index (χ0) is 10.5. The minimum absolute atomic E-state index is 0.957. The summed E-state index contributed by atoms with van der Waals surface area (Å²) in [4.78, 5) is 0. The highest BCUT2D eigenvalue weighted by Crippen LogP contribution is 2.19. The molecule has 0 aliphatic rings. The largest absolute Gasteiger partial charge is 0.179 e. The van der Waals surface area contributed by atoms with Crippen molar-refractivity contribution in [2.45, 2.75) is 5.75 Å². The van der Waals surface area contributed by atoms with Crippen LogP contribution in [0.2, 0.25) is 0 Å². The number of benzene rings is 2. The molecule has 0 amide bonds. The van der Waals surface area contributed by atoms with Crippen LogP contribution in [-0.4, -0.2) is 11.5 Å². The van der Waals surface area contributed by atoms with Crippen molar-refractivity contribution >= 4 is 35.2 Å². The third-order valence-corrected chi connectivity index (χ3v) is 3.87. The first-order valence-corrected chi connectivity index (χ1v) is 6.85. The SMILES string of the molecule is SCCSCc1ccc2ccccc2c1. The van der Waals surface area contributed by atoms with Gasteiger partial charge in [-0.15, -0.1) is 0 Å². The number of thioether (sulfide) groups is 1. The molecule has 2 rings (SSSR count). The second-order valence-corrected chi connectivity index (χ2v) is 5.01. The van der Waals surface area contributed by atoms with Crippen LogP contribution in [-0.2, 0) is 5.75 Å². The fourth-order valence-corrected chi connectivity index (χ4v) is 2.66. The lowest BCUT2D eigenvalue weighted by Gasteiger charge is -2.02. The minimum atomic E-state index is 0.957. The predicted molar refractivity (Wildman–Crippen MR) is 74.0 cm³/mol. The van der Waals surface area contributed by atoms with Gasteiger partial charge in [0.2, 0.25) is 0 Å². The third kappa shape index (κ3) is 2.93. The van der Waals surface area contributed by atoms with Crippen LogP contribution in [0.4, 0.5) is 0 Å². The topological polar surface area (TPSA) is 0 Å². The van der Waals surface area contributed by atoms with E-state index in [1.165, 1.54) is 16.3 Å². The standard InChI is InChI=1S/C13H14S2/c14-7-8-15-10-11-5-6-12-3-1-2-4-13(12)9-11/h1-6,9,14H,7-8,10H2. The molecule has 0 aromatic heterocycles. The van der Waals surface area contributed by atoms with E-state index < -0.39 is 0 Å². The minimum Gasteiger partial charge on any atom is -0.179 e. The Hall–Kier alpha value is -0.600. The summed E-state index contributed by atoms with van der Waals surface area (Å²) in [6.07, 6.45) is 0. The lowest BCUT2D eigenvalue weighted by molar-refractivity contribution is 1.42. The van der Waals surface area contributed by atoms with Crippen LogP contribution in [0.15, 0.2) is 42.5 Å². The molecule has 0 nitrogen and oxygen atoms in total. The monoisotopic (exact) mass is 234 g/mol. The molecule has 2 aromatic rings. The number of hydrogen-bond donors (Lipinski definition) is 1. The number of thiol groups is 1. The highest BCUT2D eigenvalue weighted by molar-refractivity contribution is 7.99. The van der Waals surface area contributed by atoms with E-state index in [0.717, 1.165) is 17.3 Å². The molecule has 0 bridgehead atoms. The molecule has 0 fully saturated rings. The predicted octanol–water partition coefficient (Wildman–Crippen LogP) is 4.00. The van der Waals surface area contributed by atoms with E-state index in [9.17, 15) is 0 Å². The second-order valence-electron chi connectivity index (χ2n) is 3.46. The van der Waals surface area contributed by atoms with Crippen LogP contribution in [0.5, 0.6) is 0 Å². The van der Waals surface area contributed by atoms with Crippen molar-refractivity contribution in [1.82, 2.24) is 0 Å². The van der Waals surface area contributed by atoms with E-state index in [4.69, 9.17) is 0 Å². The Morgan fingerprint density at radius 2 is 1.80 bits per heavy atom. The average Bonchev–Trinajstić information content (AvgIpc) is 2.29. The van der Waals surface area contributed by atoms with E-state index in [-0.39, 0.29) is 0 Å². The van der Waals surface area contributed by atoms with Gasteiger partial charge in [0, 0.05) is 11.5 Å². The van der Waals surface area contributed by atoms with Crippen molar-refractivity contribution in [2.75, 3.05) is 11.5 Å². The maximum absolute atomic E-state index is 4.21. The van der Waals surface area contributed by atoms with Gasteiger partial charge in [-0.1, -0.05) is 42.5 Å². The Morgan fingerprint density at radius 1 is 1.00 bits per heavy atom. The first-order chi connectivity index (χ1) is 7.40. The van der Waals surface area contributed by atoms with Gasteiger partial charge in [0.25, 0.3) is 0 Å². The van der Waals surface area contributed by atoms with Crippen molar-refractivity contribution in [1.29, 1.82) is 0 Å². The molecule has 0 heterocycles. The normalized spacial score (nSPS) is 10.7. The summed E-state index contributed by atoms with van der Waals surface area (Å²) in [6.45, 7) is 0. The number of fused-ring (bicyclic) bond motifs is 1. The molecule has 0 aliphatic carbocycles. The van der Waals surface area contributed by atoms with Gasteiger partial charge in [0.1, 0.15) is 0 Å².